The molecule has 0 fully saturated rings. The van der Waals surface area contributed by atoms with Crippen LogP contribution < -0.4 is 10.6 Å². The topological polar surface area (TPSA) is 62.5 Å². The highest BCUT2D eigenvalue weighted by molar-refractivity contribution is 14.0. The van der Waals surface area contributed by atoms with Crippen LogP contribution in [0.4, 0.5) is 0 Å². The lowest BCUT2D eigenvalue weighted by Crippen LogP contribution is -2.39. The molecule has 3 heterocycles. The summed E-state index contributed by atoms with van der Waals surface area (Å²) in [5.74, 6) is 1.79. The summed E-state index contributed by atoms with van der Waals surface area (Å²) in [6.07, 6.45) is 3.52. The van der Waals surface area contributed by atoms with E-state index in [0.29, 0.717) is 6.54 Å². The van der Waals surface area contributed by atoms with Crippen LogP contribution >= 0.6 is 46.7 Å². The Morgan fingerprint density at radius 3 is 2.59 bits per heavy atom. The molecule has 0 aromatic carbocycles. The Hall–Kier alpha value is -1.39. The van der Waals surface area contributed by atoms with E-state index in [1.807, 2.05) is 19.1 Å². The van der Waals surface area contributed by atoms with E-state index in [2.05, 4.69) is 40.1 Å². The van der Waals surface area contributed by atoms with Gasteiger partial charge in [0.15, 0.2) is 5.96 Å². The van der Waals surface area contributed by atoms with Crippen molar-refractivity contribution in [3.8, 4) is 0 Å². The molecule has 0 spiro atoms. The molecule has 0 amide bonds. The predicted octanol–water partition coefficient (Wildman–Crippen LogP) is 4.55. The van der Waals surface area contributed by atoms with Gasteiger partial charge in [0.2, 0.25) is 0 Å². The minimum Gasteiger partial charge on any atom is -0.469 e. The molecule has 0 radical (unpaired) electrons. The number of hydrogen-bond acceptors (Lipinski definition) is 5. The molecule has 3 aromatic heterocycles. The van der Waals surface area contributed by atoms with Crippen LogP contribution in [-0.2, 0) is 19.4 Å². The van der Waals surface area contributed by atoms with Crippen molar-refractivity contribution in [2.45, 2.75) is 33.2 Å². The largest absolute Gasteiger partial charge is 0.469 e. The molecule has 0 atom stereocenters. The first-order chi connectivity index (χ1) is 12.7. The summed E-state index contributed by atoms with van der Waals surface area (Å²) in [5, 5.41) is 9.97. The quantitative estimate of drug-likeness (QED) is 0.262. The number of aryl methyl sites for hydroxylation is 2. The fraction of sp³-hybridized carbons (Fsp3) is 0.368. The highest BCUT2D eigenvalue weighted by Gasteiger charge is 2.05. The van der Waals surface area contributed by atoms with Crippen LogP contribution in [0.15, 0.2) is 45.3 Å². The van der Waals surface area contributed by atoms with Gasteiger partial charge in [0.05, 0.1) is 18.5 Å². The smallest absolute Gasteiger partial charge is 0.191 e. The van der Waals surface area contributed by atoms with Gasteiger partial charge in [-0.3, -0.25) is 0 Å². The molecule has 3 aromatic rings. The van der Waals surface area contributed by atoms with Crippen molar-refractivity contribution in [1.82, 2.24) is 15.6 Å². The third-order valence-corrected chi connectivity index (χ3v) is 5.93. The molecule has 8 heteroatoms. The number of nitrogens with zero attached hydrogens (tertiary/aromatic N) is 2. The summed E-state index contributed by atoms with van der Waals surface area (Å²) in [6, 6.07) is 8.15. The summed E-state index contributed by atoms with van der Waals surface area (Å²) in [7, 11) is 0. The van der Waals surface area contributed by atoms with Gasteiger partial charge < -0.3 is 15.1 Å². The highest BCUT2D eigenvalue weighted by atomic mass is 127. The van der Waals surface area contributed by atoms with E-state index in [0.717, 1.165) is 48.4 Å². The molecule has 27 heavy (non-hydrogen) atoms. The van der Waals surface area contributed by atoms with Crippen LogP contribution in [0.2, 0.25) is 0 Å². The summed E-state index contributed by atoms with van der Waals surface area (Å²) < 4.78 is 5.38. The molecular weight excluding hydrogens is 491 g/mol. The van der Waals surface area contributed by atoms with Gasteiger partial charge >= 0.3 is 0 Å². The maximum atomic E-state index is 5.38. The standard InChI is InChI=1S/C19H24N4OS2.HI/c1-14-15(2)26-18(23-14)13-22-19(20-9-7-16-5-3-11-24-16)21-10-8-17-6-4-12-25-17;/h3-6,11-12H,7-10,13H2,1-2H3,(H2,20,21,22);1H. The van der Waals surface area contributed by atoms with Gasteiger partial charge in [0, 0.05) is 29.3 Å². The zero-order chi connectivity index (χ0) is 18.2. The van der Waals surface area contributed by atoms with Gasteiger partial charge in [0.1, 0.15) is 10.8 Å². The van der Waals surface area contributed by atoms with Crippen LogP contribution in [-0.4, -0.2) is 24.0 Å². The number of aliphatic imine (C=N–C) groups is 1. The van der Waals surface area contributed by atoms with Gasteiger partial charge in [-0.1, -0.05) is 6.07 Å². The summed E-state index contributed by atoms with van der Waals surface area (Å²) in [6.45, 7) is 6.36. The molecule has 3 rings (SSSR count). The molecular formula is C19H25IN4OS2. The van der Waals surface area contributed by atoms with E-state index >= 15 is 0 Å². The Morgan fingerprint density at radius 2 is 1.96 bits per heavy atom. The maximum absolute atomic E-state index is 5.38. The molecule has 0 aliphatic carbocycles. The first kappa shape index (κ1) is 21.9. The second-order valence-corrected chi connectivity index (χ2v) is 8.25. The Balaban J connectivity index is 0.00000261. The van der Waals surface area contributed by atoms with Gasteiger partial charge in [-0.2, -0.15) is 0 Å². The molecule has 0 unspecified atom stereocenters. The zero-order valence-corrected chi connectivity index (χ0v) is 19.5. The minimum absolute atomic E-state index is 0. The van der Waals surface area contributed by atoms with Crippen LogP contribution in [0, 0.1) is 13.8 Å². The number of halogens is 1. The lowest BCUT2D eigenvalue weighted by atomic mass is 10.3. The summed E-state index contributed by atoms with van der Waals surface area (Å²) >= 11 is 3.50. The Labute approximate surface area is 185 Å². The van der Waals surface area contributed by atoms with E-state index in [9.17, 15) is 0 Å². The molecule has 0 saturated heterocycles. The van der Waals surface area contributed by atoms with E-state index < -0.39 is 0 Å². The van der Waals surface area contributed by atoms with Crippen molar-refractivity contribution >= 4 is 52.6 Å². The van der Waals surface area contributed by atoms with Crippen LogP contribution in [0.3, 0.4) is 0 Å². The van der Waals surface area contributed by atoms with Crippen molar-refractivity contribution < 1.29 is 4.42 Å². The molecule has 0 aliphatic heterocycles. The normalized spacial score (nSPS) is 11.3. The number of aromatic nitrogens is 1. The first-order valence-electron chi connectivity index (χ1n) is 8.70. The fourth-order valence-corrected chi connectivity index (χ4v) is 4.01. The van der Waals surface area contributed by atoms with Crippen molar-refractivity contribution in [3.05, 3.63) is 62.1 Å². The number of hydrogen-bond donors (Lipinski definition) is 2. The van der Waals surface area contributed by atoms with E-state index in [1.165, 1.54) is 9.75 Å². The van der Waals surface area contributed by atoms with Gasteiger partial charge in [-0.15, -0.1) is 46.7 Å². The summed E-state index contributed by atoms with van der Waals surface area (Å²) in [4.78, 5) is 11.9. The Morgan fingerprint density at radius 1 is 1.15 bits per heavy atom. The van der Waals surface area contributed by atoms with Gasteiger partial charge in [0.25, 0.3) is 0 Å². The van der Waals surface area contributed by atoms with Crippen molar-refractivity contribution in [3.63, 3.8) is 0 Å². The third-order valence-electron chi connectivity index (χ3n) is 3.93. The van der Waals surface area contributed by atoms with Gasteiger partial charge in [-0.25, -0.2) is 9.98 Å². The second kappa shape index (κ2) is 11.5. The van der Waals surface area contributed by atoms with Crippen molar-refractivity contribution in [1.29, 1.82) is 0 Å². The number of nitrogens with one attached hydrogen (secondary N) is 2. The molecule has 0 bridgehead atoms. The first-order valence-corrected chi connectivity index (χ1v) is 10.4. The van der Waals surface area contributed by atoms with E-state index in [1.54, 1.807) is 28.9 Å². The molecule has 5 nitrogen and oxygen atoms in total. The average molecular weight is 516 g/mol. The number of rotatable bonds is 8. The molecule has 2 N–H and O–H groups in total. The predicted molar refractivity (Wildman–Crippen MR) is 125 cm³/mol. The lowest BCUT2D eigenvalue weighted by Gasteiger charge is -2.11. The lowest BCUT2D eigenvalue weighted by molar-refractivity contribution is 0.506. The Kier molecular flexibility index (Phi) is 9.29. The van der Waals surface area contributed by atoms with Crippen LogP contribution in [0.5, 0.6) is 0 Å². The number of guanidine groups is 1. The highest BCUT2D eigenvalue weighted by Crippen LogP contribution is 2.17. The van der Waals surface area contributed by atoms with Crippen LogP contribution in [0.1, 0.15) is 26.2 Å². The SMILES string of the molecule is Cc1nc(CN=C(NCCc2ccco2)NCCc2cccs2)sc1C.I. The molecule has 0 aliphatic rings. The van der Waals surface area contributed by atoms with Crippen LogP contribution in [0.25, 0.3) is 0 Å². The fourth-order valence-electron chi connectivity index (χ4n) is 2.45. The average Bonchev–Trinajstić information content (AvgIpc) is 3.36. The van der Waals surface area contributed by atoms with Crippen molar-refractivity contribution in [2.24, 2.45) is 4.99 Å². The second-order valence-electron chi connectivity index (χ2n) is 5.93. The van der Waals surface area contributed by atoms with Gasteiger partial charge in [-0.05, 0) is 43.8 Å². The third kappa shape index (κ3) is 7.27. The number of thiophene rings is 1. The summed E-state index contributed by atoms with van der Waals surface area (Å²) in [5.41, 5.74) is 1.10. The van der Waals surface area contributed by atoms with Crippen molar-refractivity contribution in [2.75, 3.05) is 13.1 Å². The monoisotopic (exact) mass is 516 g/mol. The zero-order valence-electron chi connectivity index (χ0n) is 15.5. The number of thiazole rings is 1. The van der Waals surface area contributed by atoms with E-state index in [4.69, 9.17) is 9.41 Å². The van der Waals surface area contributed by atoms with E-state index in [-0.39, 0.29) is 24.0 Å². The maximum Gasteiger partial charge on any atom is 0.191 e. The molecule has 0 saturated carbocycles. The minimum atomic E-state index is 0. The molecule has 146 valence electrons. The Bertz CT molecular complexity index is 751. The number of furan rings is 1.